The van der Waals surface area contributed by atoms with Crippen molar-refractivity contribution in [3.63, 3.8) is 0 Å². The van der Waals surface area contributed by atoms with E-state index in [-0.39, 0.29) is 19.1 Å². The molecule has 0 unspecified atom stereocenters. The lowest BCUT2D eigenvalue weighted by Crippen LogP contribution is -2.31. The molecule has 1 aliphatic carbocycles. The van der Waals surface area contributed by atoms with E-state index < -0.39 is 12.1 Å². The van der Waals surface area contributed by atoms with Crippen molar-refractivity contribution in [2.24, 2.45) is 0 Å². The van der Waals surface area contributed by atoms with Gasteiger partial charge in [0.1, 0.15) is 25.0 Å². The zero-order valence-corrected chi connectivity index (χ0v) is 12.9. The van der Waals surface area contributed by atoms with Crippen molar-refractivity contribution in [1.82, 2.24) is 5.32 Å². The Kier molecular flexibility index (Phi) is 4.48. The highest BCUT2D eigenvalue weighted by Crippen LogP contribution is 2.44. The third-order valence-electron chi connectivity index (χ3n) is 3.81. The van der Waals surface area contributed by atoms with E-state index in [4.69, 9.17) is 16.6 Å². The summed E-state index contributed by atoms with van der Waals surface area (Å²) < 4.78 is 9.17. The minimum absolute atomic E-state index is 0.0203. The number of alkyl carbamates (subject to hydrolysis) is 1. The zero-order chi connectivity index (χ0) is 16.2. The van der Waals surface area contributed by atoms with Crippen LogP contribution in [0.15, 0.2) is 48.5 Å². The maximum absolute atomic E-state index is 11.7. The summed E-state index contributed by atoms with van der Waals surface area (Å²) in [5.74, 6) is -0.770. The molecular weight excluding hydrogens is 318 g/mol. The number of carbonyl (C=O) groups is 2. The number of rotatable bonds is 4. The lowest BCUT2D eigenvalue weighted by Gasteiger charge is -2.14. The van der Waals surface area contributed by atoms with Crippen molar-refractivity contribution in [3.05, 3.63) is 59.7 Å². The van der Waals surface area contributed by atoms with Crippen LogP contribution < -0.4 is 5.32 Å². The zero-order valence-electron chi connectivity index (χ0n) is 12.1. The van der Waals surface area contributed by atoms with Crippen LogP contribution in [-0.2, 0) is 13.8 Å². The quantitative estimate of drug-likeness (QED) is 0.934. The molecule has 0 heterocycles. The van der Waals surface area contributed by atoms with Gasteiger partial charge in [-0.1, -0.05) is 48.5 Å². The van der Waals surface area contributed by atoms with E-state index >= 15 is 0 Å². The predicted octanol–water partition coefficient (Wildman–Crippen LogP) is 3.22. The molecular formula is C17H14ClNO4. The number of hydrogen-bond donors (Lipinski definition) is 1. The molecule has 5 nitrogen and oxygen atoms in total. The maximum atomic E-state index is 11.7. The fraction of sp³-hybridized carbons (Fsp3) is 0.176. The molecule has 2 aromatic carbocycles. The standard InChI is InChI=1S/C17H14ClNO4/c18-23-16(20)9-19-17(21)22-10-15-13-7-3-1-5-11(13)12-6-2-4-8-14(12)15/h1-8,15H,9-10H2,(H,19,21). The van der Waals surface area contributed by atoms with Crippen LogP contribution in [0.2, 0.25) is 0 Å². The third-order valence-corrected chi connectivity index (χ3v) is 3.98. The lowest BCUT2D eigenvalue weighted by molar-refractivity contribution is -0.132. The fourth-order valence-corrected chi connectivity index (χ4v) is 2.88. The second-order valence-electron chi connectivity index (χ2n) is 5.13. The number of benzene rings is 2. The number of amides is 1. The van der Waals surface area contributed by atoms with Crippen LogP contribution in [0.1, 0.15) is 17.0 Å². The van der Waals surface area contributed by atoms with Gasteiger partial charge in [-0.3, -0.25) is 0 Å². The Bertz CT molecular complexity index is 701. The molecule has 1 N–H and O–H groups in total. The monoisotopic (exact) mass is 331 g/mol. The van der Waals surface area contributed by atoms with E-state index in [1.54, 1.807) is 0 Å². The number of carbonyl (C=O) groups excluding carboxylic acids is 2. The van der Waals surface area contributed by atoms with E-state index in [9.17, 15) is 9.59 Å². The van der Waals surface area contributed by atoms with E-state index in [0.717, 1.165) is 22.3 Å². The Labute approximate surface area is 138 Å². The third kappa shape index (κ3) is 3.14. The van der Waals surface area contributed by atoms with Gasteiger partial charge in [0.05, 0.1) is 0 Å². The highest BCUT2D eigenvalue weighted by Gasteiger charge is 2.28. The van der Waals surface area contributed by atoms with Gasteiger partial charge in [0.2, 0.25) is 0 Å². The molecule has 0 atom stereocenters. The minimum Gasteiger partial charge on any atom is -0.449 e. The molecule has 0 aromatic heterocycles. The summed E-state index contributed by atoms with van der Waals surface area (Å²) >= 11 is 4.89. The van der Waals surface area contributed by atoms with Gasteiger partial charge in [-0.25, -0.2) is 9.59 Å². The average Bonchev–Trinajstić information content (AvgIpc) is 2.92. The second-order valence-corrected chi connectivity index (χ2v) is 5.28. The smallest absolute Gasteiger partial charge is 0.407 e. The van der Waals surface area contributed by atoms with Crippen LogP contribution in [0.3, 0.4) is 0 Å². The molecule has 0 saturated carbocycles. The Morgan fingerprint density at radius 3 is 2.13 bits per heavy atom. The molecule has 0 spiro atoms. The van der Waals surface area contributed by atoms with Gasteiger partial charge < -0.3 is 14.3 Å². The molecule has 1 aliphatic rings. The first kappa shape index (κ1) is 15.4. The van der Waals surface area contributed by atoms with E-state index in [0.29, 0.717) is 0 Å². The van der Waals surface area contributed by atoms with Crippen LogP contribution in [0.4, 0.5) is 4.79 Å². The number of fused-ring (bicyclic) bond motifs is 3. The van der Waals surface area contributed by atoms with Gasteiger partial charge >= 0.3 is 12.1 Å². The van der Waals surface area contributed by atoms with Crippen molar-refractivity contribution in [2.45, 2.75) is 5.92 Å². The van der Waals surface area contributed by atoms with Gasteiger partial charge in [-0.05, 0) is 22.3 Å². The highest BCUT2D eigenvalue weighted by molar-refractivity contribution is 6.13. The molecule has 3 rings (SSSR count). The Balaban J connectivity index is 1.71. The molecule has 0 bridgehead atoms. The van der Waals surface area contributed by atoms with E-state index in [1.807, 2.05) is 36.4 Å². The first-order chi connectivity index (χ1) is 11.2. The molecule has 2 aromatic rings. The van der Waals surface area contributed by atoms with Gasteiger partial charge in [0.25, 0.3) is 0 Å². The van der Waals surface area contributed by atoms with E-state index in [2.05, 4.69) is 21.7 Å². The van der Waals surface area contributed by atoms with Crippen molar-refractivity contribution < 1.29 is 18.6 Å². The van der Waals surface area contributed by atoms with Gasteiger partial charge in [0.15, 0.2) is 0 Å². The van der Waals surface area contributed by atoms with Crippen molar-refractivity contribution in [3.8, 4) is 11.1 Å². The topological polar surface area (TPSA) is 64.6 Å². The van der Waals surface area contributed by atoms with Gasteiger partial charge in [0, 0.05) is 5.92 Å². The van der Waals surface area contributed by atoms with Crippen molar-refractivity contribution >= 4 is 23.9 Å². The fourth-order valence-electron chi connectivity index (χ4n) is 2.82. The minimum atomic E-state index is -0.750. The van der Waals surface area contributed by atoms with Crippen molar-refractivity contribution in [1.29, 1.82) is 0 Å². The normalized spacial score (nSPS) is 12.2. The van der Waals surface area contributed by atoms with Crippen molar-refractivity contribution in [2.75, 3.05) is 13.2 Å². The summed E-state index contributed by atoms with van der Waals surface area (Å²) in [6, 6.07) is 16.1. The predicted molar refractivity (Wildman–Crippen MR) is 85.0 cm³/mol. The summed E-state index contributed by atoms with van der Waals surface area (Å²) in [5.41, 5.74) is 4.56. The summed E-state index contributed by atoms with van der Waals surface area (Å²) in [4.78, 5) is 22.5. The van der Waals surface area contributed by atoms with Gasteiger partial charge in [-0.2, -0.15) is 0 Å². The molecule has 6 heteroatoms. The molecule has 0 radical (unpaired) electrons. The molecule has 0 saturated heterocycles. The maximum Gasteiger partial charge on any atom is 0.407 e. The van der Waals surface area contributed by atoms with E-state index in [1.165, 1.54) is 0 Å². The molecule has 118 valence electrons. The Hall–Kier alpha value is -2.53. The van der Waals surface area contributed by atoms with Crippen LogP contribution >= 0.6 is 11.9 Å². The Morgan fingerprint density at radius 1 is 1.00 bits per heavy atom. The van der Waals surface area contributed by atoms with Crippen LogP contribution in [0, 0.1) is 0 Å². The summed E-state index contributed by atoms with van der Waals surface area (Å²) in [7, 11) is 0. The number of nitrogens with one attached hydrogen (secondary N) is 1. The lowest BCUT2D eigenvalue weighted by atomic mass is 9.98. The second kappa shape index (κ2) is 6.71. The first-order valence-electron chi connectivity index (χ1n) is 7.11. The van der Waals surface area contributed by atoms with Crippen LogP contribution in [0.5, 0.6) is 0 Å². The largest absolute Gasteiger partial charge is 0.449 e. The summed E-state index contributed by atoms with van der Waals surface area (Å²) in [6.07, 6.45) is -0.686. The summed E-state index contributed by atoms with van der Waals surface area (Å²) in [5, 5.41) is 2.29. The molecule has 0 fully saturated rings. The average molecular weight is 332 g/mol. The molecule has 0 aliphatic heterocycles. The number of halogens is 1. The number of hydrogen-bond acceptors (Lipinski definition) is 4. The van der Waals surface area contributed by atoms with Crippen LogP contribution in [0.25, 0.3) is 11.1 Å². The van der Waals surface area contributed by atoms with Crippen LogP contribution in [-0.4, -0.2) is 25.2 Å². The first-order valence-corrected chi connectivity index (χ1v) is 7.42. The SMILES string of the molecule is O=C(CNC(=O)OCC1c2ccccc2-c2ccccc21)OCl. The number of ether oxygens (including phenoxy) is 1. The highest BCUT2D eigenvalue weighted by atomic mass is 35.5. The Morgan fingerprint density at radius 2 is 1.57 bits per heavy atom. The summed E-state index contributed by atoms with van der Waals surface area (Å²) in [6.45, 7) is -0.143. The molecule has 1 amide bonds. The van der Waals surface area contributed by atoms with Gasteiger partial charge in [-0.15, -0.1) is 0 Å². The molecule has 23 heavy (non-hydrogen) atoms.